The van der Waals surface area contributed by atoms with E-state index in [0.717, 1.165) is 0 Å². The maximum Gasteiger partial charge on any atom is 0.173 e. The lowest BCUT2D eigenvalue weighted by Crippen LogP contribution is -2.13. The summed E-state index contributed by atoms with van der Waals surface area (Å²) < 4.78 is 12.7. The standard InChI is InChI=1S/C19H15Cl3N6O2/c1-29-11-4-3-5-12(30-2)13(11)18-26-15-17(23)25-8-28(19(15)27-18)7-9-14(21)10(20)6-24-16(9)22/h3-6,8,23H,7H2,1-2H3,(H,26,27). The van der Waals surface area contributed by atoms with E-state index in [1.807, 2.05) is 6.07 Å². The predicted molar refractivity (Wildman–Crippen MR) is 115 cm³/mol. The molecular formula is C19H15Cl3N6O2. The molecule has 0 spiro atoms. The van der Waals surface area contributed by atoms with Gasteiger partial charge in [0.05, 0.1) is 37.1 Å². The molecule has 0 aliphatic carbocycles. The summed E-state index contributed by atoms with van der Waals surface area (Å²) in [7, 11) is 3.13. The lowest BCUT2D eigenvalue weighted by Gasteiger charge is -2.11. The third-order valence-corrected chi connectivity index (χ3v) is 5.67. The number of hydrogen-bond acceptors (Lipinski definition) is 6. The number of nitrogens with one attached hydrogen (secondary N) is 2. The summed E-state index contributed by atoms with van der Waals surface area (Å²) in [5, 5.41) is 9.00. The van der Waals surface area contributed by atoms with Gasteiger partial charge in [-0.3, -0.25) is 5.41 Å². The van der Waals surface area contributed by atoms with E-state index < -0.39 is 0 Å². The molecule has 30 heavy (non-hydrogen) atoms. The van der Waals surface area contributed by atoms with Gasteiger partial charge in [-0.25, -0.2) is 15.0 Å². The highest BCUT2D eigenvalue weighted by Gasteiger charge is 2.19. The highest BCUT2D eigenvalue weighted by Crippen LogP contribution is 2.37. The largest absolute Gasteiger partial charge is 0.496 e. The molecular weight excluding hydrogens is 451 g/mol. The van der Waals surface area contributed by atoms with Crippen molar-refractivity contribution in [2.45, 2.75) is 6.54 Å². The van der Waals surface area contributed by atoms with Crippen LogP contribution in [0.2, 0.25) is 15.2 Å². The van der Waals surface area contributed by atoms with Crippen LogP contribution in [0.1, 0.15) is 5.56 Å². The molecule has 154 valence electrons. The molecule has 0 aliphatic heterocycles. The molecule has 3 aromatic heterocycles. The molecule has 4 aromatic rings. The molecule has 0 unspecified atom stereocenters. The molecule has 11 heteroatoms. The lowest BCUT2D eigenvalue weighted by molar-refractivity contribution is 0.397. The summed E-state index contributed by atoms with van der Waals surface area (Å²) in [6.45, 7) is 0.211. The Morgan fingerprint density at radius 1 is 1.10 bits per heavy atom. The minimum Gasteiger partial charge on any atom is -0.496 e. The van der Waals surface area contributed by atoms with E-state index in [9.17, 15) is 0 Å². The first-order valence-corrected chi connectivity index (χ1v) is 9.77. The third-order valence-electron chi connectivity index (χ3n) is 4.53. The van der Waals surface area contributed by atoms with Gasteiger partial charge < -0.3 is 19.0 Å². The van der Waals surface area contributed by atoms with Crippen LogP contribution in [0.25, 0.3) is 22.6 Å². The Labute approximate surface area is 185 Å². The Morgan fingerprint density at radius 2 is 1.80 bits per heavy atom. The SMILES string of the molecule is COc1cccc(OC)c1-c1nc2c([nH]1)c(=N)ncn2Cc1c(Cl)ncc(Cl)c1Cl. The van der Waals surface area contributed by atoms with E-state index in [0.29, 0.717) is 49.7 Å². The van der Waals surface area contributed by atoms with Gasteiger partial charge in [-0.05, 0) is 12.1 Å². The topological polar surface area (TPSA) is 102 Å². The Hall–Kier alpha value is -2.81. The molecule has 0 atom stereocenters. The average molecular weight is 466 g/mol. The van der Waals surface area contributed by atoms with Gasteiger partial charge in [-0.15, -0.1) is 0 Å². The van der Waals surface area contributed by atoms with Crippen molar-refractivity contribution in [3.63, 3.8) is 0 Å². The molecule has 0 aliphatic rings. The van der Waals surface area contributed by atoms with Crippen molar-refractivity contribution in [1.29, 1.82) is 5.41 Å². The molecule has 0 bridgehead atoms. The second-order valence-electron chi connectivity index (χ2n) is 6.23. The first kappa shape index (κ1) is 20.5. The van der Waals surface area contributed by atoms with Crippen molar-refractivity contribution in [3.8, 4) is 22.9 Å². The number of benzene rings is 1. The molecule has 0 saturated carbocycles. The number of halogens is 3. The fourth-order valence-corrected chi connectivity index (χ4v) is 3.70. The first-order chi connectivity index (χ1) is 14.4. The normalized spacial score (nSPS) is 11.1. The number of hydrogen-bond donors (Lipinski definition) is 2. The van der Waals surface area contributed by atoms with Gasteiger partial charge in [-0.2, -0.15) is 0 Å². The maximum absolute atomic E-state index is 8.19. The van der Waals surface area contributed by atoms with Crippen molar-refractivity contribution < 1.29 is 9.47 Å². The zero-order valence-corrected chi connectivity index (χ0v) is 18.1. The van der Waals surface area contributed by atoms with E-state index in [1.165, 1.54) is 12.5 Å². The van der Waals surface area contributed by atoms with Crippen LogP contribution >= 0.6 is 34.8 Å². The quantitative estimate of drug-likeness (QED) is 0.427. The summed E-state index contributed by atoms with van der Waals surface area (Å²) in [6.07, 6.45) is 2.88. The predicted octanol–water partition coefficient (Wildman–Crippen LogP) is 4.33. The maximum atomic E-state index is 8.19. The van der Waals surface area contributed by atoms with Crippen LogP contribution in [0.15, 0.2) is 30.7 Å². The molecule has 0 fully saturated rings. The van der Waals surface area contributed by atoms with Crippen molar-refractivity contribution in [1.82, 2.24) is 24.5 Å². The van der Waals surface area contributed by atoms with E-state index in [-0.39, 0.29) is 17.2 Å². The minimum atomic E-state index is 0.0373. The summed E-state index contributed by atoms with van der Waals surface area (Å²) in [5.41, 5.74) is 2.10. The number of rotatable bonds is 5. The van der Waals surface area contributed by atoms with E-state index >= 15 is 0 Å². The molecule has 0 radical (unpaired) electrons. The van der Waals surface area contributed by atoms with Crippen LogP contribution in [-0.2, 0) is 6.54 Å². The minimum absolute atomic E-state index is 0.0373. The zero-order valence-electron chi connectivity index (χ0n) is 15.8. The molecule has 3 heterocycles. The van der Waals surface area contributed by atoms with Gasteiger partial charge in [-0.1, -0.05) is 40.9 Å². The number of H-pyrrole nitrogens is 1. The highest BCUT2D eigenvalue weighted by atomic mass is 35.5. The van der Waals surface area contributed by atoms with Crippen molar-refractivity contribution in [3.05, 3.63) is 57.0 Å². The van der Waals surface area contributed by atoms with Crippen molar-refractivity contribution >= 4 is 46.0 Å². The van der Waals surface area contributed by atoms with Gasteiger partial charge in [0.1, 0.15) is 33.6 Å². The summed E-state index contributed by atoms with van der Waals surface area (Å²) in [5.74, 6) is 1.62. The molecule has 1 aromatic carbocycles. The average Bonchev–Trinajstić information content (AvgIpc) is 3.21. The third kappa shape index (κ3) is 3.47. The number of aromatic nitrogens is 5. The number of nitrogens with zero attached hydrogens (tertiary/aromatic N) is 4. The van der Waals surface area contributed by atoms with E-state index in [2.05, 4.69) is 19.9 Å². The van der Waals surface area contributed by atoms with Crippen LogP contribution in [0.3, 0.4) is 0 Å². The van der Waals surface area contributed by atoms with Crippen LogP contribution in [0, 0.1) is 5.41 Å². The zero-order chi connectivity index (χ0) is 21.4. The Morgan fingerprint density at radius 3 is 2.47 bits per heavy atom. The molecule has 0 amide bonds. The Balaban J connectivity index is 1.91. The molecule has 0 saturated heterocycles. The molecule has 4 rings (SSSR count). The number of methoxy groups -OCH3 is 2. The Bertz CT molecular complexity index is 1300. The van der Waals surface area contributed by atoms with Gasteiger partial charge >= 0.3 is 0 Å². The molecule has 8 nitrogen and oxygen atoms in total. The van der Waals surface area contributed by atoms with Gasteiger partial charge in [0.15, 0.2) is 11.1 Å². The van der Waals surface area contributed by atoms with Crippen LogP contribution in [0.4, 0.5) is 0 Å². The second kappa shape index (κ2) is 8.14. The fraction of sp³-hybridized carbons (Fsp3) is 0.158. The van der Waals surface area contributed by atoms with Gasteiger partial charge in [0, 0.05) is 11.8 Å². The van der Waals surface area contributed by atoms with Crippen LogP contribution < -0.4 is 15.0 Å². The van der Waals surface area contributed by atoms with E-state index in [4.69, 9.17) is 49.7 Å². The fourth-order valence-electron chi connectivity index (χ4n) is 3.09. The highest BCUT2D eigenvalue weighted by molar-refractivity contribution is 6.43. The Kier molecular flexibility index (Phi) is 5.55. The number of aromatic amines is 1. The van der Waals surface area contributed by atoms with Crippen LogP contribution in [0.5, 0.6) is 11.5 Å². The van der Waals surface area contributed by atoms with Crippen molar-refractivity contribution in [2.24, 2.45) is 0 Å². The van der Waals surface area contributed by atoms with Gasteiger partial charge in [0.25, 0.3) is 0 Å². The second-order valence-corrected chi connectivity index (χ2v) is 7.38. The smallest absolute Gasteiger partial charge is 0.173 e. The summed E-state index contributed by atoms with van der Waals surface area (Å²) >= 11 is 18.6. The van der Waals surface area contributed by atoms with Crippen LogP contribution in [-0.4, -0.2) is 38.7 Å². The number of ether oxygens (including phenoxy) is 2. The van der Waals surface area contributed by atoms with E-state index in [1.54, 1.807) is 30.9 Å². The number of imidazole rings is 1. The lowest BCUT2D eigenvalue weighted by atomic mass is 10.1. The summed E-state index contributed by atoms with van der Waals surface area (Å²) in [4.78, 5) is 16.0. The van der Waals surface area contributed by atoms with Gasteiger partial charge in [0.2, 0.25) is 0 Å². The number of fused-ring (bicyclic) bond motifs is 1. The molecule has 2 N–H and O–H groups in total. The monoisotopic (exact) mass is 464 g/mol. The summed E-state index contributed by atoms with van der Waals surface area (Å²) in [6, 6.07) is 5.42. The number of pyridine rings is 1. The first-order valence-electron chi connectivity index (χ1n) is 8.64. The van der Waals surface area contributed by atoms with Crippen molar-refractivity contribution in [2.75, 3.05) is 14.2 Å².